The first-order valence-corrected chi connectivity index (χ1v) is 8.01. The van der Waals surface area contributed by atoms with Crippen LogP contribution < -0.4 is 5.32 Å². The second kappa shape index (κ2) is 6.79. The number of pyridine rings is 1. The van der Waals surface area contributed by atoms with E-state index in [1.54, 1.807) is 29.2 Å². The zero-order chi connectivity index (χ0) is 17.1. The Morgan fingerprint density at radius 3 is 2.83 bits per heavy atom. The van der Waals surface area contributed by atoms with E-state index in [1.165, 1.54) is 6.20 Å². The van der Waals surface area contributed by atoms with Crippen LogP contribution in [-0.2, 0) is 14.4 Å². The van der Waals surface area contributed by atoms with Crippen molar-refractivity contribution in [1.29, 1.82) is 5.26 Å². The maximum atomic E-state index is 12.5. The summed E-state index contributed by atoms with van der Waals surface area (Å²) in [5.41, 5.74) is 0. The van der Waals surface area contributed by atoms with Gasteiger partial charge in [0, 0.05) is 31.6 Å². The fourth-order valence-corrected chi connectivity index (χ4v) is 2.87. The minimum atomic E-state index is -1.43. The number of nitrogens with one attached hydrogen (secondary N) is 1. The van der Waals surface area contributed by atoms with E-state index in [1.807, 2.05) is 0 Å². The number of amides is 2. The van der Waals surface area contributed by atoms with Crippen LogP contribution >= 0.6 is 0 Å². The van der Waals surface area contributed by atoms with Gasteiger partial charge in [0.05, 0.1) is 6.07 Å². The number of aromatic nitrogens is 1. The lowest BCUT2D eigenvalue weighted by Gasteiger charge is -2.16. The van der Waals surface area contributed by atoms with Crippen LogP contribution in [0.1, 0.15) is 19.3 Å². The number of carbonyl (C=O) groups is 3. The molecule has 2 aliphatic rings. The third kappa shape index (κ3) is 3.59. The Bertz CT molecular complexity index is 694. The molecule has 2 fully saturated rings. The number of Topliss-reactive ketones (excluding diaryl/α,β-unsaturated/α-hetero) is 1. The van der Waals surface area contributed by atoms with Gasteiger partial charge in [-0.15, -0.1) is 0 Å². The Kier molecular flexibility index (Phi) is 4.56. The molecule has 1 saturated heterocycles. The molecule has 0 unspecified atom stereocenters. The van der Waals surface area contributed by atoms with Crippen molar-refractivity contribution in [2.24, 2.45) is 17.8 Å². The molecule has 124 valence electrons. The van der Waals surface area contributed by atoms with Crippen molar-refractivity contribution in [3.63, 3.8) is 0 Å². The quantitative estimate of drug-likeness (QED) is 0.785. The summed E-state index contributed by atoms with van der Waals surface area (Å²) < 4.78 is 0. The summed E-state index contributed by atoms with van der Waals surface area (Å²) in [4.78, 5) is 42.3. The fourth-order valence-electron chi connectivity index (χ4n) is 2.87. The normalized spacial score (nSPS) is 21.2. The van der Waals surface area contributed by atoms with Gasteiger partial charge in [0.1, 0.15) is 5.82 Å². The van der Waals surface area contributed by atoms with Crippen LogP contribution in [0.4, 0.5) is 5.82 Å². The molecule has 2 heterocycles. The highest BCUT2D eigenvalue weighted by Crippen LogP contribution is 2.32. The molecule has 0 spiro atoms. The van der Waals surface area contributed by atoms with Crippen LogP contribution in [0.15, 0.2) is 24.4 Å². The van der Waals surface area contributed by atoms with Gasteiger partial charge in [-0.3, -0.25) is 14.4 Å². The average Bonchev–Trinajstić information content (AvgIpc) is 3.31. The van der Waals surface area contributed by atoms with E-state index in [9.17, 15) is 19.6 Å². The van der Waals surface area contributed by atoms with E-state index in [0.717, 1.165) is 12.8 Å². The van der Waals surface area contributed by atoms with E-state index in [0.29, 0.717) is 19.0 Å². The molecule has 2 atom stereocenters. The first kappa shape index (κ1) is 16.1. The molecule has 7 heteroatoms. The highest BCUT2D eigenvalue weighted by atomic mass is 16.2. The molecule has 3 rings (SSSR count). The third-order valence-electron chi connectivity index (χ3n) is 4.38. The van der Waals surface area contributed by atoms with Gasteiger partial charge in [-0.1, -0.05) is 6.07 Å². The van der Waals surface area contributed by atoms with Crippen LogP contribution in [-0.4, -0.2) is 40.6 Å². The zero-order valence-electron chi connectivity index (χ0n) is 13.1. The first-order valence-electron chi connectivity index (χ1n) is 8.01. The molecule has 1 aromatic heterocycles. The van der Waals surface area contributed by atoms with E-state index >= 15 is 0 Å². The lowest BCUT2D eigenvalue weighted by molar-refractivity contribution is -0.132. The van der Waals surface area contributed by atoms with Crippen molar-refractivity contribution < 1.29 is 14.4 Å². The molecule has 7 nitrogen and oxygen atoms in total. The number of rotatable bonds is 6. The minimum absolute atomic E-state index is 0.0675. The predicted octanol–water partition coefficient (Wildman–Crippen LogP) is 0.987. The Labute approximate surface area is 139 Å². The number of likely N-dealkylation sites (tertiary alicyclic amines) is 1. The second-order valence-electron chi connectivity index (χ2n) is 6.31. The average molecular weight is 326 g/mol. The van der Waals surface area contributed by atoms with Crippen molar-refractivity contribution >= 4 is 23.4 Å². The molecule has 1 aliphatic carbocycles. The van der Waals surface area contributed by atoms with Crippen molar-refractivity contribution in [2.45, 2.75) is 19.3 Å². The molecule has 24 heavy (non-hydrogen) atoms. The van der Waals surface area contributed by atoms with Gasteiger partial charge in [0.25, 0.3) is 5.91 Å². The number of nitriles is 1. The molecular weight excluding hydrogens is 308 g/mol. The fraction of sp³-hybridized carbons (Fsp3) is 0.471. The summed E-state index contributed by atoms with van der Waals surface area (Å²) in [6.07, 6.45) is 3.83. The zero-order valence-corrected chi connectivity index (χ0v) is 13.1. The maximum Gasteiger partial charge on any atom is 0.250 e. The van der Waals surface area contributed by atoms with Gasteiger partial charge in [-0.05, 0) is 30.9 Å². The van der Waals surface area contributed by atoms with Gasteiger partial charge < -0.3 is 10.2 Å². The molecular formula is C17H18N4O3. The second-order valence-corrected chi connectivity index (χ2v) is 6.31. The number of carbonyl (C=O) groups excluding carboxylic acids is 3. The lowest BCUT2D eigenvalue weighted by Crippen LogP contribution is -2.34. The molecule has 1 saturated carbocycles. The Balaban J connectivity index is 1.62. The molecule has 1 aromatic rings. The summed E-state index contributed by atoms with van der Waals surface area (Å²) in [7, 11) is 0. The molecule has 1 N–H and O–H groups in total. The highest BCUT2D eigenvalue weighted by molar-refractivity contribution is 6.10. The van der Waals surface area contributed by atoms with Crippen molar-refractivity contribution in [1.82, 2.24) is 9.88 Å². The number of hydrogen-bond acceptors (Lipinski definition) is 5. The smallest absolute Gasteiger partial charge is 0.250 e. The van der Waals surface area contributed by atoms with Crippen LogP contribution in [0, 0.1) is 29.1 Å². The summed E-state index contributed by atoms with van der Waals surface area (Å²) in [6, 6.07) is 6.73. The summed E-state index contributed by atoms with van der Waals surface area (Å²) in [5, 5.41) is 11.7. The van der Waals surface area contributed by atoms with Gasteiger partial charge in [0.15, 0.2) is 11.7 Å². The van der Waals surface area contributed by atoms with Gasteiger partial charge >= 0.3 is 0 Å². The van der Waals surface area contributed by atoms with E-state index in [-0.39, 0.29) is 18.1 Å². The lowest BCUT2D eigenvalue weighted by atomic mass is 9.92. The van der Waals surface area contributed by atoms with Crippen molar-refractivity contribution in [3.05, 3.63) is 24.4 Å². The molecule has 0 bridgehead atoms. The standard InChI is InChI=1S/C17H18N4O3/c18-8-13(17(24)20-14-3-1-2-6-19-14)16(23)12-7-15(22)21(10-12)9-11-4-5-11/h1-3,6,11-13H,4-5,7,9-10H2,(H,19,20,24)/t12-,13+/m0/s1. The molecule has 0 radical (unpaired) electrons. The largest absolute Gasteiger partial charge is 0.342 e. The van der Waals surface area contributed by atoms with Gasteiger partial charge in [-0.2, -0.15) is 5.26 Å². The Morgan fingerprint density at radius 2 is 2.21 bits per heavy atom. The Hall–Kier alpha value is -2.75. The van der Waals surface area contributed by atoms with Crippen LogP contribution in [0.5, 0.6) is 0 Å². The van der Waals surface area contributed by atoms with Crippen molar-refractivity contribution in [2.75, 3.05) is 18.4 Å². The molecule has 0 aromatic carbocycles. The van der Waals surface area contributed by atoms with E-state index < -0.39 is 23.5 Å². The molecule has 2 amide bonds. The van der Waals surface area contributed by atoms with Crippen LogP contribution in [0.3, 0.4) is 0 Å². The minimum Gasteiger partial charge on any atom is -0.342 e. The summed E-state index contributed by atoms with van der Waals surface area (Å²) in [6.45, 7) is 0.989. The van der Waals surface area contributed by atoms with Gasteiger partial charge in [0.2, 0.25) is 5.91 Å². The van der Waals surface area contributed by atoms with Crippen LogP contribution in [0.25, 0.3) is 0 Å². The number of ketones is 1. The number of nitrogens with zero attached hydrogens (tertiary/aromatic N) is 3. The van der Waals surface area contributed by atoms with E-state index in [4.69, 9.17) is 0 Å². The topological polar surface area (TPSA) is 103 Å². The van der Waals surface area contributed by atoms with Crippen molar-refractivity contribution in [3.8, 4) is 6.07 Å². The van der Waals surface area contributed by atoms with E-state index in [2.05, 4.69) is 10.3 Å². The monoisotopic (exact) mass is 326 g/mol. The van der Waals surface area contributed by atoms with Crippen LogP contribution in [0.2, 0.25) is 0 Å². The molecule has 1 aliphatic heterocycles. The SMILES string of the molecule is N#C[C@@H](C(=O)Nc1ccccn1)C(=O)[C@H]1CC(=O)N(CC2CC2)C1. The highest BCUT2D eigenvalue weighted by Gasteiger charge is 2.41. The third-order valence-corrected chi connectivity index (χ3v) is 4.38. The van der Waals surface area contributed by atoms with Gasteiger partial charge in [-0.25, -0.2) is 4.98 Å². The summed E-state index contributed by atoms with van der Waals surface area (Å²) in [5.74, 6) is -2.44. The number of hydrogen-bond donors (Lipinski definition) is 1. The Morgan fingerprint density at radius 1 is 1.42 bits per heavy atom. The number of anilines is 1. The first-order chi connectivity index (χ1) is 11.6. The predicted molar refractivity (Wildman–Crippen MR) is 84.4 cm³/mol. The maximum absolute atomic E-state index is 12.5. The summed E-state index contributed by atoms with van der Waals surface area (Å²) >= 11 is 0.